The number of unbranched alkanes of at least 4 members (excludes halogenated alkanes) is 2. The van der Waals surface area contributed by atoms with Crippen LogP contribution in [0.3, 0.4) is 0 Å². The van der Waals surface area contributed by atoms with Crippen LogP contribution in [0.1, 0.15) is 32.6 Å². The molecule has 170 valence electrons. The summed E-state index contributed by atoms with van der Waals surface area (Å²) in [6, 6.07) is 0. The normalized spacial score (nSPS) is 14.3. The summed E-state index contributed by atoms with van der Waals surface area (Å²) in [5, 5.41) is -7.13. The molecule has 0 bridgehead atoms. The molecule has 0 aromatic rings. The summed E-state index contributed by atoms with van der Waals surface area (Å²) in [5.41, 5.74) is 4.91. The maximum absolute atomic E-state index is 13.2. The third kappa shape index (κ3) is 5.49. The highest BCUT2D eigenvalue weighted by molar-refractivity contribution is 7.87. The van der Waals surface area contributed by atoms with E-state index in [-0.39, 0.29) is 12.8 Å². The maximum Gasteiger partial charge on any atom is 0.438 e. The summed E-state index contributed by atoms with van der Waals surface area (Å²) >= 11 is 0. The summed E-state index contributed by atoms with van der Waals surface area (Å²) in [6.45, 7) is 5.35. The molecule has 4 nitrogen and oxygen atoms in total. The molecule has 0 aliphatic heterocycles. The Bertz CT molecular complexity index is 608. The molecule has 0 rings (SSSR count). The van der Waals surface area contributed by atoms with E-state index in [4.69, 9.17) is 10.3 Å². The van der Waals surface area contributed by atoms with Gasteiger partial charge >= 0.3 is 39.1 Å². The van der Waals surface area contributed by atoms with E-state index < -0.39 is 51.9 Å². The van der Waals surface area contributed by atoms with Gasteiger partial charge < -0.3 is 5.73 Å². The van der Waals surface area contributed by atoms with E-state index in [0.717, 1.165) is 0 Å². The van der Waals surface area contributed by atoms with E-state index in [1.54, 1.807) is 6.08 Å². The topological polar surface area (TPSA) is 80.4 Å². The van der Waals surface area contributed by atoms with Crippen molar-refractivity contribution in [3.63, 3.8) is 0 Å². The van der Waals surface area contributed by atoms with Gasteiger partial charge in [-0.1, -0.05) is 25.8 Å². The van der Waals surface area contributed by atoms with Gasteiger partial charge in [0.15, 0.2) is 0 Å². The van der Waals surface area contributed by atoms with Gasteiger partial charge in [0.25, 0.3) is 0 Å². The van der Waals surface area contributed by atoms with Crippen molar-refractivity contribution in [1.82, 2.24) is 0 Å². The molecule has 0 saturated heterocycles. The van der Waals surface area contributed by atoms with Gasteiger partial charge in [0.2, 0.25) is 0 Å². The van der Waals surface area contributed by atoms with Crippen LogP contribution in [-0.4, -0.2) is 48.5 Å². The third-order valence-corrected chi connectivity index (χ3v) is 4.10. The minimum absolute atomic E-state index is 0.162. The molecule has 0 aliphatic rings. The van der Waals surface area contributed by atoms with Crippen LogP contribution < -0.4 is 5.73 Å². The summed E-state index contributed by atoms with van der Waals surface area (Å²) in [5.74, 6) is -27.9. The molecule has 0 heterocycles. The SMILES string of the molecule is C=CCN.CCCCCC(F)(F)C(F)(F)C(F)(F)C(F)(F)C(F)(F)S(=O)(=O)O. The van der Waals surface area contributed by atoms with Crippen LogP contribution >= 0.6 is 0 Å². The van der Waals surface area contributed by atoms with Crippen LogP contribution in [-0.2, 0) is 10.1 Å². The highest BCUT2D eigenvalue weighted by atomic mass is 32.2. The Hall–Kier alpha value is -1.09. The first-order valence-electron chi connectivity index (χ1n) is 7.40. The van der Waals surface area contributed by atoms with Crippen LogP contribution in [0.2, 0.25) is 0 Å². The summed E-state index contributed by atoms with van der Waals surface area (Å²) < 4.78 is 159. The second-order valence-electron chi connectivity index (χ2n) is 5.40. The number of hydrogen-bond acceptors (Lipinski definition) is 3. The van der Waals surface area contributed by atoms with Crippen molar-refractivity contribution in [3.8, 4) is 0 Å². The Morgan fingerprint density at radius 3 is 1.57 bits per heavy atom. The molecule has 3 N–H and O–H groups in total. The Morgan fingerprint density at radius 1 is 0.893 bits per heavy atom. The molecule has 28 heavy (non-hydrogen) atoms. The minimum atomic E-state index is -7.52. The lowest BCUT2D eigenvalue weighted by atomic mass is 9.95. The molecule has 0 atom stereocenters. The van der Waals surface area contributed by atoms with Crippen LogP contribution in [0.4, 0.5) is 43.9 Å². The molecule has 0 aromatic carbocycles. The zero-order chi connectivity index (χ0) is 23.2. The summed E-state index contributed by atoms with van der Waals surface area (Å²) in [6.07, 6.45) is -1.20. The monoisotopic (exact) mass is 459 g/mol. The highest BCUT2D eigenvalue weighted by Gasteiger charge is 2.88. The summed E-state index contributed by atoms with van der Waals surface area (Å²) in [4.78, 5) is 0. The van der Waals surface area contributed by atoms with Gasteiger partial charge in [-0.15, -0.1) is 6.58 Å². The Labute approximate surface area is 154 Å². The average Bonchev–Trinajstić information content (AvgIpc) is 2.53. The molecule has 0 fully saturated rings. The zero-order valence-corrected chi connectivity index (χ0v) is 15.2. The zero-order valence-electron chi connectivity index (χ0n) is 14.3. The molecule has 0 aliphatic carbocycles. The fourth-order valence-corrected chi connectivity index (χ4v) is 1.98. The van der Waals surface area contributed by atoms with Crippen LogP contribution in [0.15, 0.2) is 12.7 Å². The molecular formula is C13H19F10NO3S. The third-order valence-electron chi connectivity index (χ3n) is 3.20. The number of alkyl halides is 10. The fourth-order valence-electron chi connectivity index (χ4n) is 1.53. The van der Waals surface area contributed by atoms with E-state index in [2.05, 4.69) is 6.58 Å². The van der Waals surface area contributed by atoms with Crippen molar-refractivity contribution in [2.75, 3.05) is 6.54 Å². The number of rotatable bonds is 10. The Balaban J connectivity index is 0. The first-order chi connectivity index (χ1) is 12.2. The predicted octanol–water partition coefficient (Wildman–Crippen LogP) is 4.72. The molecule has 0 spiro atoms. The molecule has 0 amide bonds. The second kappa shape index (κ2) is 9.61. The van der Waals surface area contributed by atoms with E-state index in [0.29, 0.717) is 6.54 Å². The number of hydrogen-bond donors (Lipinski definition) is 2. The lowest BCUT2D eigenvalue weighted by Gasteiger charge is -2.38. The van der Waals surface area contributed by atoms with Gasteiger partial charge in [0, 0.05) is 13.0 Å². The lowest BCUT2D eigenvalue weighted by molar-refractivity contribution is -0.390. The van der Waals surface area contributed by atoms with Crippen LogP contribution in [0, 0.1) is 0 Å². The standard InChI is InChI=1S/C10H12F10O3S.C3H7N/c1-2-3-4-5-6(11,12)7(13,14)8(15,16)9(17,18)10(19,20)24(21,22)23;1-2-3-4/h2-5H2,1H3,(H,21,22,23);2H,1,3-4H2. The smallest absolute Gasteiger partial charge is 0.327 e. The van der Waals surface area contributed by atoms with Gasteiger partial charge in [0.05, 0.1) is 0 Å². The predicted molar refractivity (Wildman–Crippen MR) is 79.7 cm³/mol. The first kappa shape index (κ1) is 29.1. The quantitative estimate of drug-likeness (QED) is 0.215. The summed E-state index contributed by atoms with van der Waals surface area (Å²) in [7, 11) is -7.31. The van der Waals surface area contributed by atoms with Gasteiger partial charge in [-0.25, -0.2) is 0 Å². The van der Waals surface area contributed by atoms with Crippen molar-refractivity contribution in [2.24, 2.45) is 5.73 Å². The first-order valence-corrected chi connectivity index (χ1v) is 8.84. The Morgan fingerprint density at radius 2 is 1.29 bits per heavy atom. The molecule has 0 saturated carbocycles. The molecular weight excluding hydrogens is 440 g/mol. The lowest BCUT2D eigenvalue weighted by Crippen LogP contribution is -2.68. The molecule has 0 radical (unpaired) electrons. The molecule has 0 unspecified atom stereocenters. The van der Waals surface area contributed by atoms with Gasteiger partial charge in [-0.3, -0.25) is 4.55 Å². The van der Waals surface area contributed by atoms with E-state index in [9.17, 15) is 52.3 Å². The second-order valence-corrected chi connectivity index (χ2v) is 6.86. The number of halogens is 10. The molecule has 15 heteroatoms. The van der Waals surface area contributed by atoms with Crippen molar-refractivity contribution < 1.29 is 56.9 Å². The maximum atomic E-state index is 13.2. The van der Waals surface area contributed by atoms with Crippen molar-refractivity contribution in [1.29, 1.82) is 0 Å². The van der Waals surface area contributed by atoms with Crippen molar-refractivity contribution >= 4 is 10.1 Å². The van der Waals surface area contributed by atoms with Crippen molar-refractivity contribution in [2.45, 2.75) is 61.6 Å². The Kier molecular flexibility index (Phi) is 9.99. The van der Waals surface area contributed by atoms with E-state index in [1.807, 2.05) is 0 Å². The van der Waals surface area contributed by atoms with Crippen LogP contribution in [0.5, 0.6) is 0 Å². The average molecular weight is 459 g/mol. The van der Waals surface area contributed by atoms with E-state index in [1.165, 1.54) is 6.92 Å². The molecule has 0 aromatic heterocycles. The largest absolute Gasteiger partial charge is 0.438 e. The van der Waals surface area contributed by atoms with Gasteiger partial charge in [-0.2, -0.15) is 52.3 Å². The van der Waals surface area contributed by atoms with E-state index >= 15 is 0 Å². The highest BCUT2D eigenvalue weighted by Crippen LogP contribution is 2.58. The minimum Gasteiger partial charge on any atom is -0.327 e. The van der Waals surface area contributed by atoms with Crippen molar-refractivity contribution in [3.05, 3.63) is 12.7 Å². The number of nitrogens with two attached hydrogens (primary N) is 1. The van der Waals surface area contributed by atoms with Gasteiger partial charge in [0.1, 0.15) is 0 Å². The fraction of sp³-hybridized carbons (Fsp3) is 0.846. The van der Waals surface area contributed by atoms with Gasteiger partial charge in [-0.05, 0) is 6.42 Å². The van der Waals surface area contributed by atoms with Crippen LogP contribution in [0.25, 0.3) is 0 Å².